The van der Waals surface area contributed by atoms with Crippen LogP contribution < -0.4 is 5.69 Å². The Kier molecular flexibility index (Phi) is 8.71. The minimum atomic E-state index is -1.05. The minimum absolute atomic E-state index is 0.0284. The molecule has 3 rings (SSSR count). The van der Waals surface area contributed by atoms with Crippen molar-refractivity contribution in [3.8, 4) is 0 Å². The summed E-state index contributed by atoms with van der Waals surface area (Å²) in [6.45, 7) is 6.86. The first-order valence-corrected chi connectivity index (χ1v) is 12.0. The average molecular weight is 488 g/mol. The van der Waals surface area contributed by atoms with E-state index in [1.165, 1.54) is 4.57 Å². The number of ketones is 1. The largest absolute Gasteiger partial charge is 0.356 e. The molecule has 0 aliphatic carbocycles. The zero-order chi connectivity index (χ0) is 24.9. The van der Waals surface area contributed by atoms with Crippen LogP contribution in [0.5, 0.6) is 0 Å². The zero-order valence-corrected chi connectivity index (χ0v) is 21.1. The maximum Gasteiger partial charge on any atom is 0.326 e. The van der Waals surface area contributed by atoms with Gasteiger partial charge in [0.2, 0.25) is 6.41 Å². The van der Waals surface area contributed by atoms with Gasteiger partial charge in [0, 0.05) is 37.1 Å². The highest BCUT2D eigenvalue weighted by atomic mass is 35.5. The number of aromatic amines is 1. The molecule has 1 heterocycles. The molecule has 184 valence electrons. The van der Waals surface area contributed by atoms with Crippen molar-refractivity contribution in [1.29, 1.82) is 0 Å². The van der Waals surface area contributed by atoms with Gasteiger partial charge in [0.1, 0.15) is 0 Å². The number of unbranched alkanes of at least 4 members (excludes halogenated alkanes) is 1. The molecule has 0 radical (unpaired) electrons. The number of Topliss-reactive ketones (excluding diaryl/α,β-unsaturated/α-hetero) is 1. The lowest BCUT2D eigenvalue weighted by molar-refractivity contribution is -0.238. The van der Waals surface area contributed by atoms with Crippen LogP contribution in [0.2, 0.25) is 5.02 Å². The van der Waals surface area contributed by atoms with Gasteiger partial charge in [0.25, 0.3) is 0 Å². The van der Waals surface area contributed by atoms with Crippen molar-refractivity contribution in [2.45, 2.75) is 58.5 Å². The maximum atomic E-state index is 12.7. The second-order valence-electron chi connectivity index (χ2n) is 9.54. The molecular weight excluding hydrogens is 454 g/mol. The third-order valence-corrected chi connectivity index (χ3v) is 6.09. The molecular formula is C26H34ClN3O4. The quantitative estimate of drug-likeness (QED) is 0.236. The molecule has 7 nitrogen and oxygen atoms in total. The molecule has 1 atom stereocenters. The molecule has 0 amide bonds. The molecule has 0 saturated carbocycles. The number of benzene rings is 2. The van der Waals surface area contributed by atoms with Gasteiger partial charge in [-0.1, -0.05) is 29.8 Å². The van der Waals surface area contributed by atoms with Gasteiger partial charge in [-0.2, -0.15) is 0 Å². The Balaban J connectivity index is 1.56. The van der Waals surface area contributed by atoms with Gasteiger partial charge in [0.15, 0.2) is 5.78 Å². The van der Waals surface area contributed by atoms with Crippen molar-refractivity contribution >= 4 is 28.4 Å². The summed E-state index contributed by atoms with van der Waals surface area (Å²) >= 11 is 6.29. The SMILES string of the molecule is Cn1c(=O)[nH]c2cc(C(=O)CCCCN(CCc3ccccc3Cl)C(O)OC(C)(C)C)ccc21. The van der Waals surface area contributed by atoms with Crippen LogP contribution in [0.4, 0.5) is 0 Å². The Hall–Kier alpha value is -2.45. The number of aromatic nitrogens is 2. The zero-order valence-electron chi connectivity index (χ0n) is 20.3. The average Bonchev–Trinajstić information content (AvgIpc) is 3.05. The van der Waals surface area contributed by atoms with E-state index in [2.05, 4.69) is 4.98 Å². The number of hydrogen-bond donors (Lipinski definition) is 2. The van der Waals surface area contributed by atoms with Gasteiger partial charge in [-0.05, 0) is 69.9 Å². The van der Waals surface area contributed by atoms with Crippen LogP contribution >= 0.6 is 11.6 Å². The summed E-state index contributed by atoms with van der Waals surface area (Å²) in [7, 11) is 1.69. The second kappa shape index (κ2) is 11.3. The first kappa shape index (κ1) is 26.2. The molecule has 2 N–H and O–H groups in total. The van der Waals surface area contributed by atoms with E-state index in [4.69, 9.17) is 16.3 Å². The Morgan fingerprint density at radius 1 is 1.18 bits per heavy atom. The number of hydrogen-bond acceptors (Lipinski definition) is 5. The van der Waals surface area contributed by atoms with Crippen molar-refractivity contribution < 1.29 is 14.6 Å². The van der Waals surface area contributed by atoms with Gasteiger partial charge >= 0.3 is 5.69 Å². The van der Waals surface area contributed by atoms with Gasteiger partial charge in [-0.15, -0.1) is 0 Å². The number of aliphatic hydroxyl groups excluding tert-OH is 1. The third-order valence-electron chi connectivity index (χ3n) is 5.72. The van der Waals surface area contributed by atoms with Crippen LogP contribution in [-0.2, 0) is 18.2 Å². The number of ether oxygens (including phenoxy) is 1. The summed E-state index contributed by atoms with van der Waals surface area (Å²) in [5.41, 5.74) is 2.33. The van der Waals surface area contributed by atoms with E-state index >= 15 is 0 Å². The molecule has 2 aromatic carbocycles. The summed E-state index contributed by atoms with van der Waals surface area (Å²) in [4.78, 5) is 29.1. The Morgan fingerprint density at radius 3 is 2.62 bits per heavy atom. The Bertz CT molecular complexity index is 1180. The number of imidazole rings is 1. The molecule has 0 aliphatic rings. The molecule has 8 heteroatoms. The van der Waals surface area contributed by atoms with Gasteiger partial charge in [-0.25, -0.2) is 4.79 Å². The molecule has 0 bridgehead atoms. The number of aryl methyl sites for hydroxylation is 1. The van der Waals surface area contributed by atoms with Crippen LogP contribution in [0.25, 0.3) is 11.0 Å². The van der Waals surface area contributed by atoms with E-state index < -0.39 is 12.0 Å². The topological polar surface area (TPSA) is 87.6 Å². The summed E-state index contributed by atoms with van der Waals surface area (Å²) in [6, 6.07) is 13.0. The van der Waals surface area contributed by atoms with Gasteiger partial charge in [-0.3, -0.25) is 14.3 Å². The summed E-state index contributed by atoms with van der Waals surface area (Å²) in [6.07, 6.45) is 1.42. The summed E-state index contributed by atoms with van der Waals surface area (Å²) < 4.78 is 7.29. The summed E-state index contributed by atoms with van der Waals surface area (Å²) in [5, 5.41) is 11.4. The summed E-state index contributed by atoms with van der Waals surface area (Å²) in [5.74, 6) is 0.0284. The molecule has 3 aromatic rings. The van der Waals surface area contributed by atoms with E-state index in [0.717, 1.165) is 17.5 Å². The molecule has 0 spiro atoms. The molecule has 1 aromatic heterocycles. The van der Waals surface area contributed by atoms with E-state index in [1.807, 2.05) is 49.9 Å². The monoisotopic (exact) mass is 487 g/mol. The lowest BCUT2D eigenvalue weighted by atomic mass is 10.0. The van der Waals surface area contributed by atoms with Crippen LogP contribution in [0, 0.1) is 0 Å². The predicted molar refractivity (Wildman–Crippen MR) is 135 cm³/mol. The first-order valence-electron chi connectivity index (χ1n) is 11.6. The van der Waals surface area contributed by atoms with Gasteiger partial charge < -0.3 is 14.8 Å². The fourth-order valence-corrected chi connectivity index (χ4v) is 4.07. The fourth-order valence-electron chi connectivity index (χ4n) is 3.84. The molecule has 34 heavy (non-hydrogen) atoms. The normalized spacial score (nSPS) is 13.0. The van der Waals surface area contributed by atoms with Crippen LogP contribution in [0.3, 0.4) is 0 Å². The number of carbonyl (C=O) groups excluding carboxylic acids is 1. The van der Waals surface area contributed by atoms with Crippen molar-refractivity contribution in [2.24, 2.45) is 7.05 Å². The number of nitrogens with zero attached hydrogens (tertiary/aromatic N) is 2. The van der Waals surface area contributed by atoms with Crippen LogP contribution in [0.1, 0.15) is 56.0 Å². The fraction of sp³-hybridized carbons (Fsp3) is 0.462. The Labute approximate surface area is 205 Å². The van der Waals surface area contributed by atoms with E-state index in [1.54, 1.807) is 25.2 Å². The molecule has 0 aliphatic heterocycles. The lowest BCUT2D eigenvalue weighted by Gasteiger charge is -2.32. The minimum Gasteiger partial charge on any atom is -0.356 e. The predicted octanol–water partition coefficient (Wildman–Crippen LogP) is 4.51. The lowest BCUT2D eigenvalue weighted by Crippen LogP contribution is -2.43. The molecule has 0 saturated heterocycles. The number of aliphatic hydroxyl groups is 1. The smallest absolute Gasteiger partial charge is 0.326 e. The highest BCUT2D eigenvalue weighted by molar-refractivity contribution is 6.31. The first-order chi connectivity index (χ1) is 16.0. The number of H-pyrrole nitrogens is 1. The van der Waals surface area contributed by atoms with E-state index in [9.17, 15) is 14.7 Å². The van der Waals surface area contributed by atoms with Crippen LogP contribution in [-0.4, -0.2) is 50.4 Å². The van der Waals surface area contributed by atoms with Crippen molar-refractivity contribution in [3.63, 3.8) is 0 Å². The van der Waals surface area contributed by atoms with Crippen molar-refractivity contribution in [3.05, 3.63) is 69.1 Å². The highest BCUT2D eigenvalue weighted by Crippen LogP contribution is 2.19. The maximum absolute atomic E-state index is 12.7. The second-order valence-corrected chi connectivity index (χ2v) is 9.94. The number of rotatable bonds is 11. The Morgan fingerprint density at radius 2 is 1.91 bits per heavy atom. The number of fused-ring (bicyclic) bond motifs is 1. The highest BCUT2D eigenvalue weighted by Gasteiger charge is 2.23. The van der Waals surface area contributed by atoms with Crippen molar-refractivity contribution in [2.75, 3.05) is 13.1 Å². The van der Waals surface area contributed by atoms with E-state index in [0.29, 0.717) is 48.5 Å². The standard InChI is InChI=1S/C26H34ClN3O4/c1-26(2,3)34-25(33)30(16-14-18-9-5-6-10-20(18)27)15-8-7-11-23(31)19-12-13-22-21(17-19)28-24(32)29(22)4/h5-6,9-10,12-13,17,25,33H,7-8,11,14-16H2,1-4H3,(H,28,32). The third kappa shape index (κ3) is 7.03. The van der Waals surface area contributed by atoms with Gasteiger partial charge in [0.05, 0.1) is 16.6 Å². The molecule has 1 unspecified atom stereocenters. The number of carbonyl (C=O) groups is 1. The number of halogens is 1. The van der Waals surface area contributed by atoms with Crippen molar-refractivity contribution in [1.82, 2.24) is 14.5 Å². The van der Waals surface area contributed by atoms with Crippen LogP contribution in [0.15, 0.2) is 47.3 Å². The molecule has 0 fully saturated rings. The number of nitrogens with one attached hydrogen (secondary N) is 1. The van der Waals surface area contributed by atoms with E-state index in [-0.39, 0.29) is 11.5 Å².